The highest BCUT2D eigenvalue weighted by molar-refractivity contribution is 7.19. The molecule has 0 fully saturated rings. The number of carbonyl (C=O) groups excluding carboxylic acids is 2. The number of carbonyl (C=O) groups is 2. The van der Waals surface area contributed by atoms with Gasteiger partial charge in [0.2, 0.25) is 5.78 Å². The van der Waals surface area contributed by atoms with E-state index in [4.69, 9.17) is 33.7 Å². The number of anilines is 2. The van der Waals surface area contributed by atoms with E-state index in [1.165, 1.54) is 11.3 Å². The third-order valence-electron chi connectivity index (χ3n) is 6.58. The van der Waals surface area contributed by atoms with Crippen LogP contribution in [0.2, 0.25) is 10.0 Å². The summed E-state index contributed by atoms with van der Waals surface area (Å²) in [7, 11) is 1.61. The van der Waals surface area contributed by atoms with E-state index in [1.54, 1.807) is 25.3 Å². The van der Waals surface area contributed by atoms with Gasteiger partial charge in [-0.2, -0.15) is 0 Å². The van der Waals surface area contributed by atoms with Crippen LogP contribution >= 0.6 is 34.5 Å². The van der Waals surface area contributed by atoms with Crippen molar-refractivity contribution in [1.82, 2.24) is 0 Å². The third kappa shape index (κ3) is 4.14. The number of ketones is 2. The molecule has 0 radical (unpaired) electrons. The molecule has 1 aliphatic heterocycles. The number of hydrogen-bond acceptors (Lipinski definition) is 6. The van der Waals surface area contributed by atoms with E-state index in [-0.39, 0.29) is 27.9 Å². The van der Waals surface area contributed by atoms with Crippen molar-refractivity contribution in [3.8, 4) is 5.75 Å². The second-order valence-corrected chi connectivity index (χ2v) is 11.6. The van der Waals surface area contributed by atoms with Crippen molar-refractivity contribution >= 4 is 56.8 Å². The zero-order valence-electron chi connectivity index (χ0n) is 19.5. The summed E-state index contributed by atoms with van der Waals surface area (Å²) in [6, 6.07) is 12.4. The average molecular weight is 527 g/mol. The van der Waals surface area contributed by atoms with Gasteiger partial charge in [-0.1, -0.05) is 49.2 Å². The van der Waals surface area contributed by atoms with Gasteiger partial charge < -0.3 is 15.8 Å². The molecule has 1 atom stereocenters. The number of benzene rings is 2. The van der Waals surface area contributed by atoms with Crippen molar-refractivity contribution in [3.63, 3.8) is 0 Å². The Balaban J connectivity index is 1.68. The zero-order chi connectivity index (χ0) is 25.1. The van der Waals surface area contributed by atoms with E-state index >= 15 is 0 Å². The topological polar surface area (TPSA) is 81.4 Å². The first-order valence-electron chi connectivity index (χ1n) is 11.2. The van der Waals surface area contributed by atoms with Crippen molar-refractivity contribution in [3.05, 3.63) is 85.3 Å². The molecule has 0 saturated carbocycles. The number of halogens is 2. The predicted octanol–water partition coefficient (Wildman–Crippen LogP) is 7.08. The number of methoxy groups -OCH3 is 1. The monoisotopic (exact) mass is 526 g/mol. The Labute approximate surface area is 217 Å². The van der Waals surface area contributed by atoms with E-state index in [0.29, 0.717) is 27.6 Å². The quantitative estimate of drug-likeness (QED) is 0.355. The summed E-state index contributed by atoms with van der Waals surface area (Å²) in [6.45, 7) is 4.18. The van der Waals surface area contributed by atoms with Crippen LogP contribution in [0, 0.1) is 5.41 Å². The van der Waals surface area contributed by atoms with Crippen LogP contribution in [-0.4, -0.2) is 18.7 Å². The fourth-order valence-corrected chi connectivity index (χ4v) is 6.63. The summed E-state index contributed by atoms with van der Waals surface area (Å²) < 4.78 is 5.33. The molecule has 2 aromatic carbocycles. The Kier molecular flexibility index (Phi) is 5.94. The summed E-state index contributed by atoms with van der Waals surface area (Å²) >= 11 is 13.7. The lowest BCUT2D eigenvalue weighted by Gasteiger charge is -2.38. The molecule has 0 bridgehead atoms. The van der Waals surface area contributed by atoms with E-state index in [0.717, 1.165) is 39.6 Å². The van der Waals surface area contributed by atoms with Gasteiger partial charge in [0, 0.05) is 39.8 Å². The Hall–Kier alpha value is -2.80. The third-order valence-corrected chi connectivity index (χ3v) is 8.26. The van der Waals surface area contributed by atoms with Gasteiger partial charge in [0.15, 0.2) is 5.78 Å². The zero-order valence-corrected chi connectivity index (χ0v) is 21.8. The Morgan fingerprint density at radius 2 is 1.86 bits per heavy atom. The number of Topliss-reactive ketones (excluding diaryl/α,β-unsaturated/α-hetero) is 1. The molecule has 5 rings (SSSR count). The average Bonchev–Trinajstić information content (AvgIpc) is 3.12. The Morgan fingerprint density at radius 3 is 2.51 bits per heavy atom. The Morgan fingerprint density at radius 1 is 1.14 bits per heavy atom. The second kappa shape index (κ2) is 8.70. The van der Waals surface area contributed by atoms with Crippen molar-refractivity contribution in [2.45, 2.75) is 32.6 Å². The molecular formula is C27H24Cl2N2O3S. The van der Waals surface area contributed by atoms with Crippen LogP contribution in [0.1, 0.15) is 59.0 Å². The summed E-state index contributed by atoms with van der Waals surface area (Å²) in [6.07, 6.45) is 1.18. The van der Waals surface area contributed by atoms with Crippen LogP contribution in [-0.2, 0) is 4.79 Å². The molecule has 0 saturated heterocycles. The number of allylic oxidation sites excluding steroid dienone is 2. The normalized spacial score (nSPS) is 18.5. The molecule has 2 aliphatic rings. The molecule has 3 N–H and O–H groups in total. The summed E-state index contributed by atoms with van der Waals surface area (Å²) in [5.74, 6) is 0.159. The number of nitrogens with two attached hydrogens (primary N) is 1. The molecular weight excluding hydrogens is 503 g/mol. The largest absolute Gasteiger partial charge is 0.497 e. The maximum Gasteiger partial charge on any atom is 0.206 e. The minimum atomic E-state index is -0.380. The molecule has 1 aromatic heterocycles. The number of nitrogens with one attached hydrogen (secondary N) is 1. The van der Waals surface area contributed by atoms with Gasteiger partial charge in [0.25, 0.3) is 0 Å². The number of thiophene rings is 1. The van der Waals surface area contributed by atoms with Crippen LogP contribution in [0.25, 0.3) is 0 Å². The first kappa shape index (κ1) is 23.9. The number of nitrogen functional groups attached to an aromatic ring is 1. The second-order valence-electron chi connectivity index (χ2n) is 9.71. The van der Waals surface area contributed by atoms with Gasteiger partial charge in [-0.05, 0) is 47.7 Å². The van der Waals surface area contributed by atoms with Crippen molar-refractivity contribution in [2.75, 3.05) is 18.2 Å². The van der Waals surface area contributed by atoms with Crippen LogP contribution in [0.4, 0.5) is 10.7 Å². The number of hydrogen-bond donors (Lipinski definition) is 2. The van der Waals surface area contributed by atoms with E-state index in [9.17, 15) is 9.59 Å². The highest BCUT2D eigenvalue weighted by Crippen LogP contribution is 2.54. The molecule has 0 amide bonds. The molecule has 180 valence electrons. The molecule has 0 unspecified atom stereocenters. The van der Waals surface area contributed by atoms with Crippen LogP contribution in [0.5, 0.6) is 5.75 Å². The number of ether oxygens (including phenoxy) is 1. The van der Waals surface area contributed by atoms with E-state index in [1.807, 2.05) is 24.3 Å². The summed E-state index contributed by atoms with van der Waals surface area (Å²) in [5, 5.41) is 4.96. The SMILES string of the molecule is COc1ccc([C@@H]2C3=C(CC(C)(C)CC3=O)Nc3sc(C(=O)c4ccc(Cl)cc4Cl)c(N)c32)cc1. The molecule has 2 heterocycles. The molecule has 1 aliphatic carbocycles. The first-order valence-corrected chi connectivity index (χ1v) is 12.8. The maximum absolute atomic E-state index is 13.5. The van der Waals surface area contributed by atoms with E-state index in [2.05, 4.69) is 19.2 Å². The van der Waals surface area contributed by atoms with Gasteiger partial charge in [0.05, 0.1) is 22.8 Å². The van der Waals surface area contributed by atoms with Crippen LogP contribution in [0.3, 0.4) is 0 Å². The lowest BCUT2D eigenvalue weighted by atomic mass is 9.69. The smallest absolute Gasteiger partial charge is 0.206 e. The predicted molar refractivity (Wildman–Crippen MR) is 142 cm³/mol. The number of rotatable bonds is 4. The van der Waals surface area contributed by atoms with Gasteiger partial charge in [-0.15, -0.1) is 11.3 Å². The van der Waals surface area contributed by atoms with Gasteiger partial charge in [-0.3, -0.25) is 9.59 Å². The minimum absolute atomic E-state index is 0.0921. The number of fused-ring (bicyclic) bond motifs is 1. The molecule has 8 heteroatoms. The highest BCUT2D eigenvalue weighted by atomic mass is 35.5. The Bertz CT molecular complexity index is 1410. The van der Waals surface area contributed by atoms with E-state index < -0.39 is 0 Å². The first-order chi connectivity index (χ1) is 16.6. The molecule has 5 nitrogen and oxygen atoms in total. The molecule has 35 heavy (non-hydrogen) atoms. The summed E-state index contributed by atoms with van der Waals surface area (Å²) in [5.41, 5.74) is 10.5. The van der Waals surface area contributed by atoms with Crippen molar-refractivity contribution in [1.29, 1.82) is 0 Å². The molecule has 0 spiro atoms. The van der Waals surface area contributed by atoms with Crippen LogP contribution < -0.4 is 15.8 Å². The van der Waals surface area contributed by atoms with Crippen molar-refractivity contribution in [2.24, 2.45) is 5.41 Å². The lowest BCUT2D eigenvalue weighted by molar-refractivity contribution is -0.118. The van der Waals surface area contributed by atoms with Gasteiger partial charge in [-0.25, -0.2) is 0 Å². The summed E-state index contributed by atoms with van der Waals surface area (Å²) in [4.78, 5) is 27.3. The van der Waals surface area contributed by atoms with Crippen molar-refractivity contribution < 1.29 is 14.3 Å². The van der Waals surface area contributed by atoms with Gasteiger partial charge in [0.1, 0.15) is 10.6 Å². The fourth-order valence-electron chi connectivity index (χ4n) is 4.99. The fraction of sp³-hybridized carbons (Fsp3) is 0.259. The molecule has 3 aromatic rings. The highest BCUT2D eigenvalue weighted by Gasteiger charge is 2.43. The van der Waals surface area contributed by atoms with Gasteiger partial charge >= 0.3 is 0 Å². The maximum atomic E-state index is 13.5. The minimum Gasteiger partial charge on any atom is -0.497 e. The van der Waals surface area contributed by atoms with Crippen LogP contribution in [0.15, 0.2) is 53.7 Å². The lowest BCUT2D eigenvalue weighted by Crippen LogP contribution is -2.33. The standard InChI is InChI=1S/C27H24Cl2N2O3S/c1-27(2)11-18-21(19(32)12-27)20(13-4-7-15(34-3)8-5-13)22-23(30)25(35-26(22)31-18)24(33)16-9-6-14(28)10-17(16)29/h4-10,20,31H,11-12,30H2,1-3H3/t20-/m1/s1.